The van der Waals surface area contributed by atoms with Crippen LogP contribution in [0, 0.1) is 0 Å². The third-order valence-electron chi connectivity index (χ3n) is 5.89. The van der Waals surface area contributed by atoms with Crippen molar-refractivity contribution in [2.45, 2.75) is 29.8 Å². The summed E-state index contributed by atoms with van der Waals surface area (Å²) < 4.78 is 40.6. The standard InChI is InChI=1S/C21H26N2O5S/c1-26-18-12-15-6-11-28-21(17(15)13-19(18)27-2)7-9-23(10-8-21)20-5-4-16(14-22-20)29(3,24)25/h4-5,12-14H,6-11H2,1-3H3. The molecule has 1 saturated heterocycles. The maximum Gasteiger partial charge on any atom is 0.177 e. The van der Waals surface area contributed by atoms with Crippen LogP contribution in [0.15, 0.2) is 35.4 Å². The van der Waals surface area contributed by atoms with Crippen LogP contribution in [0.2, 0.25) is 0 Å². The summed E-state index contributed by atoms with van der Waals surface area (Å²) >= 11 is 0. The van der Waals surface area contributed by atoms with Gasteiger partial charge < -0.3 is 19.1 Å². The van der Waals surface area contributed by atoms with Gasteiger partial charge in [-0.05, 0) is 54.7 Å². The van der Waals surface area contributed by atoms with Crippen LogP contribution in [-0.4, -0.2) is 53.6 Å². The van der Waals surface area contributed by atoms with E-state index in [4.69, 9.17) is 14.2 Å². The Kier molecular flexibility index (Phi) is 5.16. The summed E-state index contributed by atoms with van der Waals surface area (Å²) in [5.41, 5.74) is 2.09. The van der Waals surface area contributed by atoms with Gasteiger partial charge in [0.15, 0.2) is 21.3 Å². The van der Waals surface area contributed by atoms with Crippen molar-refractivity contribution in [1.82, 2.24) is 4.98 Å². The van der Waals surface area contributed by atoms with Crippen LogP contribution in [0.1, 0.15) is 24.0 Å². The number of nitrogens with zero attached hydrogens (tertiary/aromatic N) is 2. The molecule has 0 amide bonds. The number of ether oxygens (including phenoxy) is 3. The van der Waals surface area contributed by atoms with Gasteiger partial charge in [0.1, 0.15) is 5.82 Å². The van der Waals surface area contributed by atoms with E-state index in [2.05, 4.69) is 22.0 Å². The van der Waals surface area contributed by atoms with E-state index in [0.29, 0.717) is 6.61 Å². The van der Waals surface area contributed by atoms with Gasteiger partial charge in [-0.3, -0.25) is 0 Å². The molecule has 29 heavy (non-hydrogen) atoms. The summed E-state index contributed by atoms with van der Waals surface area (Å²) in [5.74, 6) is 2.25. The zero-order valence-electron chi connectivity index (χ0n) is 17.0. The number of hydrogen-bond acceptors (Lipinski definition) is 7. The van der Waals surface area contributed by atoms with Crippen molar-refractivity contribution in [2.24, 2.45) is 0 Å². The highest BCUT2D eigenvalue weighted by Gasteiger charge is 2.41. The Morgan fingerprint density at radius 3 is 2.38 bits per heavy atom. The van der Waals surface area contributed by atoms with Gasteiger partial charge in [0, 0.05) is 25.5 Å². The maximum atomic E-state index is 11.6. The first kappa shape index (κ1) is 20.0. The van der Waals surface area contributed by atoms with Gasteiger partial charge in [-0.15, -0.1) is 0 Å². The van der Waals surface area contributed by atoms with E-state index in [0.717, 1.165) is 49.7 Å². The summed E-state index contributed by atoms with van der Waals surface area (Å²) in [6.45, 7) is 2.24. The molecule has 1 aromatic carbocycles. The molecule has 2 aromatic rings. The molecule has 0 saturated carbocycles. The highest BCUT2D eigenvalue weighted by molar-refractivity contribution is 7.90. The lowest BCUT2D eigenvalue weighted by Gasteiger charge is -2.45. The molecular formula is C21H26N2O5S. The molecule has 0 N–H and O–H groups in total. The number of fused-ring (bicyclic) bond motifs is 2. The molecule has 2 aliphatic heterocycles. The van der Waals surface area contributed by atoms with E-state index < -0.39 is 9.84 Å². The molecule has 8 heteroatoms. The molecule has 4 rings (SSSR count). The van der Waals surface area contributed by atoms with Crippen LogP contribution in [0.4, 0.5) is 5.82 Å². The smallest absolute Gasteiger partial charge is 0.177 e. The largest absolute Gasteiger partial charge is 0.493 e. The van der Waals surface area contributed by atoms with E-state index >= 15 is 0 Å². The summed E-state index contributed by atoms with van der Waals surface area (Å²) in [5, 5.41) is 0. The van der Waals surface area contributed by atoms with Gasteiger partial charge in [0.25, 0.3) is 0 Å². The Hall–Kier alpha value is -2.32. The number of sulfone groups is 1. The summed E-state index contributed by atoms with van der Waals surface area (Å²) in [6, 6.07) is 7.52. The van der Waals surface area contributed by atoms with E-state index in [-0.39, 0.29) is 10.5 Å². The van der Waals surface area contributed by atoms with Crippen molar-refractivity contribution in [3.05, 3.63) is 41.6 Å². The molecule has 0 unspecified atom stereocenters. The second-order valence-electron chi connectivity index (χ2n) is 7.57. The lowest BCUT2D eigenvalue weighted by Crippen LogP contribution is -2.47. The highest BCUT2D eigenvalue weighted by Crippen LogP contribution is 2.45. The molecule has 3 heterocycles. The minimum absolute atomic E-state index is 0.236. The molecule has 1 spiro atoms. The molecular weight excluding hydrogens is 392 g/mol. The number of anilines is 1. The molecule has 1 fully saturated rings. The lowest BCUT2D eigenvalue weighted by atomic mass is 9.79. The molecule has 0 radical (unpaired) electrons. The summed E-state index contributed by atoms with van der Waals surface area (Å²) in [4.78, 5) is 6.78. The zero-order chi connectivity index (χ0) is 20.6. The van der Waals surface area contributed by atoms with Gasteiger partial charge in [-0.2, -0.15) is 0 Å². The van der Waals surface area contributed by atoms with Gasteiger partial charge >= 0.3 is 0 Å². The second-order valence-corrected chi connectivity index (χ2v) is 9.58. The predicted octanol–water partition coefficient (Wildman–Crippen LogP) is 2.57. The van der Waals surface area contributed by atoms with Crippen LogP contribution in [-0.2, 0) is 26.6 Å². The topological polar surface area (TPSA) is 78.0 Å². The minimum atomic E-state index is -3.24. The molecule has 0 bridgehead atoms. The molecule has 0 aliphatic carbocycles. The highest BCUT2D eigenvalue weighted by atomic mass is 32.2. The Bertz CT molecular complexity index is 996. The molecule has 7 nitrogen and oxygen atoms in total. The Balaban J connectivity index is 1.57. The number of methoxy groups -OCH3 is 2. The van der Waals surface area contributed by atoms with Crippen molar-refractivity contribution in [3.8, 4) is 11.5 Å². The van der Waals surface area contributed by atoms with Gasteiger partial charge in [-0.25, -0.2) is 13.4 Å². The average Bonchev–Trinajstić information content (AvgIpc) is 2.73. The fraction of sp³-hybridized carbons (Fsp3) is 0.476. The first-order chi connectivity index (χ1) is 13.9. The first-order valence-corrected chi connectivity index (χ1v) is 11.6. The van der Waals surface area contributed by atoms with Crippen LogP contribution >= 0.6 is 0 Å². The normalized spacial score (nSPS) is 18.4. The van der Waals surface area contributed by atoms with Crippen LogP contribution in [0.25, 0.3) is 0 Å². The SMILES string of the molecule is COc1cc2c(cc1OC)C1(CCN(c3ccc(S(C)(=O)=O)cn3)CC1)OCC2. The summed E-state index contributed by atoms with van der Waals surface area (Å²) in [7, 11) is 0.0589. The third kappa shape index (κ3) is 3.67. The van der Waals surface area contributed by atoms with E-state index in [1.165, 1.54) is 23.6 Å². The van der Waals surface area contributed by atoms with Crippen molar-refractivity contribution in [2.75, 3.05) is 45.1 Å². The number of pyridine rings is 1. The van der Waals surface area contributed by atoms with Crippen molar-refractivity contribution in [1.29, 1.82) is 0 Å². The third-order valence-corrected chi connectivity index (χ3v) is 6.99. The number of piperidine rings is 1. The molecule has 0 atom stereocenters. The predicted molar refractivity (Wildman–Crippen MR) is 110 cm³/mol. The van der Waals surface area contributed by atoms with Crippen LogP contribution < -0.4 is 14.4 Å². The van der Waals surface area contributed by atoms with Crippen molar-refractivity contribution < 1.29 is 22.6 Å². The van der Waals surface area contributed by atoms with Gasteiger partial charge in [0.05, 0.1) is 31.3 Å². The number of rotatable bonds is 4. The van der Waals surface area contributed by atoms with Gasteiger partial charge in [0.2, 0.25) is 0 Å². The Morgan fingerprint density at radius 2 is 1.79 bits per heavy atom. The van der Waals surface area contributed by atoms with Crippen LogP contribution in [0.5, 0.6) is 11.5 Å². The minimum Gasteiger partial charge on any atom is -0.493 e. The monoisotopic (exact) mass is 418 g/mol. The van der Waals surface area contributed by atoms with E-state index in [1.807, 2.05) is 0 Å². The summed E-state index contributed by atoms with van der Waals surface area (Å²) in [6.07, 6.45) is 5.12. The molecule has 2 aliphatic rings. The number of benzene rings is 1. The quantitative estimate of drug-likeness (QED) is 0.755. The fourth-order valence-electron chi connectivity index (χ4n) is 4.28. The van der Waals surface area contributed by atoms with Gasteiger partial charge in [-0.1, -0.05) is 0 Å². The van der Waals surface area contributed by atoms with Crippen molar-refractivity contribution >= 4 is 15.7 Å². The number of hydrogen-bond donors (Lipinski definition) is 0. The Labute approximate surface area is 171 Å². The Morgan fingerprint density at radius 1 is 1.10 bits per heavy atom. The van der Waals surface area contributed by atoms with Crippen LogP contribution in [0.3, 0.4) is 0 Å². The maximum absolute atomic E-state index is 11.6. The second kappa shape index (κ2) is 7.50. The zero-order valence-corrected chi connectivity index (χ0v) is 17.8. The van der Waals surface area contributed by atoms with Crippen molar-refractivity contribution in [3.63, 3.8) is 0 Å². The van der Waals surface area contributed by atoms with E-state index in [9.17, 15) is 8.42 Å². The molecule has 1 aromatic heterocycles. The first-order valence-electron chi connectivity index (χ1n) is 9.67. The number of aromatic nitrogens is 1. The fourth-order valence-corrected chi connectivity index (χ4v) is 4.84. The lowest BCUT2D eigenvalue weighted by molar-refractivity contribution is -0.0768. The van der Waals surface area contributed by atoms with E-state index in [1.54, 1.807) is 26.4 Å². The average molecular weight is 419 g/mol. The molecule has 156 valence electrons.